The topological polar surface area (TPSA) is 90.0 Å². The van der Waals surface area contributed by atoms with Crippen molar-refractivity contribution in [1.82, 2.24) is 9.88 Å². The first-order valence-electron chi connectivity index (χ1n) is 11.7. The highest BCUT2D eigenvalue weighted by Gasteiger charge is 2.66. The van der Waals surface area contributed by atoms with Gasteiger partial charge < -0.3 is 19.5 Å². The normalized spacial score (nSPS) is 26.1. The van der Waals surface area contributed by atoms with Crippen molar-refractivity contribution in [3.05, 3.63) is 53.4 Å². The number of halogens is 5. The number of likely N-dealkylation sites (tertiary alicyclic amines) is 1. The third kappa shape index (κ3) is 4.92. The van der Waals surface area contributed by atoms with Crippen LogP contribution in [0.4, 0.5) is 27.6 Å². The largest absolute Gasteiger partial charge is 0.484 e. The number of benzene rings is 1. The number of methoxy groups -OCH3 is 1. The summed E-state index contributed by atoms with van der Waals surface area (Å²) in [4.78, 5) is 30.8. The molecule has 4 atom stereocenters. The first kappa shape index (κ1) is 27.7. The molecule has 1 N–H and O–H groups in total. The Bertz CT molecular complexity index is 1240. The van der Waals surface area contributed by atoms with Gasteiger partial charge in [-0.3, -0.25) is 9.69 Å². The second-order valence-corrected chi connectivity index (χ2v) is 9.61. The number of amides is 1. The first-order chi connectivity index (χ1) is 17.8. The minimum absolute atomic E-state index is 0.0419. The Labute approximate surface area is 215 Å². The molecule has 2 saturated heterocycles. The lowest BCUT2D eigenvalue weighted by Crippen LogP contribution is -2.51. The molecule has 38 heavy (non-hydrogen) atoms. The number of anilines is 1. The summed E-state index contributed by atoms with van der Waals surface area (Å²) >= 11 is 0. The van der Waals surface area contributed by atoms with Gasteiger partial charge >= 0.3 is 12.1 Å². The number of likely N-dealkylation sites (N-methyl/N-ethyl adjacent to an activating group) is 1. The maximum atomic E-state index is 15.0. The number of hydrogen-bond donors (Lipinski definition) is 1. The van der Waals surface area contributed by atoms with Gasteiger partial charge in [0.05, 0.1) is 7.11 Å². The van der Waals surface area contributed by atoms with Crippen LogP contribution >= 0.6 is 0 Å². The van der Waals surface area contributed by atoms with E-state index in [0.717, 1.165) is 26.2 Å². The van der Waals surface area contributed by atoms with Crippen molar-refractivity contribution < 1.29 is 45.8 Å². The molecule has 1 aromatic heterocycles. The quantitative estimate of drug-likeness (QED) is 0.437. The summed E-state index contributed by atoms with van der Waals surface area (Å²) in [7, 11) is 2.92. The lowest BCUT2D eigenvalue weighted by molar-refractivity contribution is -0.272. The molecule has 0 saturated carbocycles. The number of nitrogens with one attached hydrogen (secondary N) is 1. The number of nitrogens with zero attached hydrogens (tertiary/aromatic N) is 2. The highest BCUT2D eigenvalue weighted by molar-refractivity contribution is 5.96. The van der Waals surface area contributed by atoms with Crippen LogP contribution in [0.25, 0.3) is 0 Å². The second kappa shape index (κ2) is 10.1. The smallest absolute Gasteiger partial charge is 0.417 e. The minimum atomic E-state index is -4.90. The number of carbonyl (C=O) groups excluding carboxylic acids is 2. The Hall–Kier alpha value is -3.32. The number of carbonyl (C=O) groups is 2. The molecule has 0 radical (unpaired) electrons. The molecule has 2 aliphatic rings. The number of alkyl halides is 3. The summed E-state index contributed by atoms with van der Waals surface area (Å²) in [5.74, 6) is -7.71. The Balaban J connectivity index is 1.74. The molecule has 0 aliphatic carbocycles. The van der Waals surface area contributed by atoms with Gasteiger partial charge in [-0.1, -0.05) is 13.0 Å². The van der Waals surface area contributed by atoms with Crippen molar-refractivity contribution in [1.29, 1.82) is 0 Å². The predicted molar refractivity (Wildman–Crippen MR) is 124 cm³/mol. The molecule has 8 nitrogen and oxygen atoms in total. The minimum Gasteiger partial charge on any atom is -0.484 e. The van der Waals surface area contributed by atoms with Crippen LogP contribution in [0.2, 0.25) is 0 Å². The van der Waals surface area contributed by atoms with E-state index in [0.29, 0.717) is 13.1 Å². The van der Waals surface area contributed by atoms with E-state index in [4.69, 9.17) is 9.47 Å². The van der Waals surface area contributed by atoms with Crippen LogP contribution in [0.3, 0.4) is 0 Å². The molecule has 1 aromatic carbocycles. The highest BCUT2D eigenvalue weighted by Crippen LogP contribution is 2.55. The zero-order valence-corrected chi connectivity index (χ0v) is 20.9. The number of pyridine rings is 1. The molecule has 4 rings (SSSR count). The Morgan fingerprint density at radius 2 is 1.89 bits per heavy atom. The zero-order valence-electron chi connectivity index (χ0n) is 20.9. The number of hydrogen-bond acceptors (Lipinski definition) is 7. The van der Waals surface area contributed by atoms with Crippen LogP contribution in [0.15, 0.2) is 30.5 Å². The molecule has 0 spiro atoms. The van der Waals surface area contributed by atoms with Gasteiger partial charge in [0.2, 0.25) is 5.82 Å². The standard InChI is InChI=1S/C25H26F5N3O5/c1-12-18(15-5-6-16(26)19(27)20(15)37-14-10-33(3)11-14)21(38-24(12,2)25(28,29)30)22(34)32-13-7-8-31-17(9-13)23(35)36-4/h5-9,12,14,18,21H,10-11H2,1-4H3,(H,31,32,34)/t12-,18-,21+,24+/m0/s1. The van der Waals surface area contributed by atoms with E-state index < -0.39 is 65.1 Å². The fourth-order valence-corrected chi connectivity index (χ4v) is 4.77. The lowest BCUT2D eigenvalue weighted by Gasteiger charge is -2.37. The highest BCUT2D eigenvalue weighted by atomic mass is 19.4. The number of esters is 1. The van der Waals surface area contributed by atoms with E-state index in [1.54, 1.807) is 7.05 Å². The van der Waals surface area contributed by atoms with E-state index in [1.807, 2.05) is 4.90 Å². The monoisotopic (exact) mass is 543 g/mol. The Kier molecular flexibility index (Phi) is 7.36. The van der Waals surface area contributed by atoms with Gasteiger partial charge in [0.25, 0.3) is 5.91 Å². The molecule has 1 amide bonds. The zero-order chi connectivity index (χ0) is 28.0. The second-order valence-electron chi connectivity index (χ2n) is 9.61. The summed E-state index contributed by atoms with van der Waals surface area (Å²) in [6.45, 7) is 2.85. The van der Waals surface area contributed by atoms with Crippen molar-refractivity contribution in [2.75, 3.05) is 32.6 Å². The number of ether oxygens (including phenoxy) is 3. The van der Waals surface area contributed by atoms with Crippen LogP contribution in [0.1, 0.15) is 35.8 Å². The number of rotatable bonds is 6. The fourth-order valence-electron chi connectivity index (χ4n) is 4.77. The number of aromatic nitrogens is 1. The van der Waals surface area contributed by atoms with Crippen molar-refractivity contribution in [3.63, 3.8) is 0 Å². The Morgan fingerprint density at radius 3 is 2.50 bits per heavy atom. The lowest BCUT2D eigenvalue weighted by atomic mass is 9.77. The average molecular weight is 543 g/mol. The van der Waals surface area contributed by atoms with Gasteiger partial charge in [0.1, 0.15) is 17.9 Å². The van der Waals surface area contributed by atoms with Crippen molar-refractivity contribution in [2.45, 2.75) is 43.8 Å². The van der Waals surface area contributed by atoms with Crippen molar-refractivity contribution >= 4 is 17.6 Å². The summed E-state index contributed by atoms with van der Waals surface area (Å²) < 4.78 is 87.5. The maximum Gasteiger partial charge on any atom is 0.417 e. The first-order valence-corrected chi connectivity index (χ1v) is 11.7. The third-order valence-corrected chi connectivity index (χ3v) is 7.10. The van der Waals surface area contributed by atoms with Crippen molar-refractivity contribution in [3.8, 4) is 5.75 Å². The summed E-state index contributed by atoms with van der Waals surface area (Å²) in [5.41, 5.74) is -3.03. The van der Waals surface area contributed by atoms with E-state index in [2.05, 4.69) is 15.0 Å². The van der Waals surface area contributed by atoms with Crippen LogP contribution < -0.4 is 10.1 Å². The third-order valence-electron chi connectivity index (χ3n) is 7.10. The fraction of sp³-hybridized carbons (Fsp3) is 0.480. The molecule has 2 aliphatic heterocycles. The molecule has 13 heteroatoms. The van der Waals surface area contributed by atoms with E-state index in [1.165, 1.54) is 25.3 Å². The van der Waals surface area contributed by atoms with Gasteiger partial charge in [-0.15, -0.1) is 0 Å². The van der Waals surface area contributed by atoms with Gasteiger partial charge in [0.15, 0.2) is 17.2 Å². The summed E-state index contributed by atoms with van der Waals surface area (Å²) in [6, 6.07) is 4.39. The Morgan fingerprint density at radius 1 is 1.21 bits per heavy atom. The molecular formula is C25H26F5N3O5. The van der Waals surface area contributed by atoms with Gasteiger partial charge in [-0.25, -0.2) is 14.2 Å². The molecule has 2 aromatic rings. The predicted octanol–water partition coefficient (Wildman–Crippen LogP) is 3.92. The summed E-state index contributed by atoms with van der Waals surface area (Å²) in [5, 5.41) is 2.43. The van der Waals surface area contributed by atoms with Gasteiger partial charge in [-0.2, -0.15) is 17.6 Å². The van der Waals surface area contributed by atoms with Crippen LogP contribution in [-0.4, -0.2) is 73.0 Å². The van der Waals surface area contributed by atoms with Crippen LogP contribution in [0, 0.1) is 17.6 Å². The molecule has 0 unspecified atom stereocenters. The van der Waals surface area contributed by atoms with Crippen LogP contribution in [-0.2, 0) is 14.3 Å². The summed E-state index contributed by atoms with van der Waals surface area (Å²) in [6.07, 6.45) is -5.98. The van der Waals surface area contributed by atoms with Crippen LogP contribution in [0.5, 0.6) is 5.75 Å². The average Bonchev–Trinajstić information content (AvgIpc) is 3.12. The SMILES string of the molecule is COC(=O)c1cc(NC(=O)[C@@H]2O[C@@](C)(C(F)(F)F)[C@@H](C)[C@H]2c2ccc(F)c(F)c2OC2CN(C)C2)ccn1. The van der Waals surface area contributed by atoms with Gasteiger partial charge in [-0.05, 0) is 32.2 Å². The van der Waals surface area contributed by atoms with E-state index in [9.17, 15) is 31.5 Å². The van der Waals surface area contributed by atoms with E-state index in [-0.39, 0.29) is 16.9 Å². The van der Waals surface area contributed by atoms with E-state index >= 15 is 0 Å². The molecule has 2 fully saturated rings. The molecular weight excluding hydrogens is 517 g/mol. The molecule has 0 bridgehead atoms. The molecule has 206 valence electrons. The van der Waals surface area contributed by atoms with Crippen molar-refractivity contribution in [2.24, 2.45) is 5.92 Å². The maximum absolute atomic E-state index is 15.0. The van der Waals surface area contributed by atoms with Gasteiger partial charge in [0, 0.05) is 42.4 Å². The molecule has 3 heterocycles.